The molecule has 2 rings (SSSR count). The van der Waals surface area contributed by atoms with Crippen LogP contribution in [0, 0.1) is 0 Å². The molecular weight excluding hydrogens is 278 g/mol. The smallest absolute Gasteiger partial charge is 0.191 e. The Bertz CT molecular complexity index is 451. The molecule has 1 aromatic rings. The predicted octanol–water partition coefficient (Wildman–Crippen LogP) is 0.803. The van der Waals surface area contributed by atoms with Crippen molar-refractivity contribution in [3.8, 4) is 0 Å². The van der Waals surface area contributed by atoms with Crippen molar-refractivity contribution >= 4 is 5.96 Å². The summed E-state index contributed by atoms with van der Waals surface area (Å²) in [7, 11) is 2.03. The molecule has 1 aliphatic rings. The fourth-order valence-electron chi connectivity index (χ4n) is 2.50. The number of aromatic nitrogens is 1. The van der Waals surface area contributed by atoms with Gasteiger partial charge in [-0.25, -0.2) is 4.99 Å². The molecule has 22 heavy (non-hydrogen) atoms. The molecule has 0 spiro atoms. The first-order chi connectivity index (χ1) is 10.8. The van der Waals surface area contributed by atoms with E-state index in [0.717, 1.165) is 58.3 Å². The van der Waals surface area contributed by atoms with Crippen molar-refractivity contribution in [3.63, 3.8) is 0 Å². The largest absolute Gasteiger partial charge is 0.379 e. The van der Waals surface area contributed by atoms with E-state index >= 15 is 0 Å². The Morgan fingerprint density at radius 2 is 2.14 bits per heavy atom. The number of guanidine groups is 1. The number of ether oxygens (including phenoxy) is 1. The van der Waals surface area contributed by atoms with Crippen molar-refractivity contribution in [2.45, 2.75) is 19.9 Å². The van der Waals surface area contributed by atoms with Gasteiger partial charge in [0, 0.05) is 45.6 Å². The molecule has 0 radical (unpaired) electrons. The van der Waals surface area contributed by atoms with Crippen molar-refractivity contribution < 1.29 is 4.74 Å². The molecule has 1 fully saturated rings. The van der Waals surface area contributed by atoms with E-state index in [0.29, 0.717) is 6.54 Å². The van der Waals surface area contributed by atoms with Gasteiger partial charge in [0.15, 0.2) is 5.96 Å². The Morgan fingerprint density at radius 1 is 1.32 bits per heavy atom. The minimum Gasteiger partial charge on any atom is -0.379 e. The number of morpholine rings is 1. The van der Waals surface area contributed by atoms with E-state index in [1.165, 1.54) is 5.56 Å². The van der Waals surface area contributed by atoms with Crippen LogP contribution < -0.4 is 10.6 Å². The van der Waals surface area contributed by atoms with Crippen LogP contribution in [0.3, 0.4) is 0 Å². The average Bonchev–Trinajstić information content (AvgIpc) is 2.95. The first kappa shape index (κ1) is 16.8. The number of nitrogens with one attached hydrogen (secondary N) is 2. The van der Waals surface area contributed by atoms with Gasteiger partial charge >= 0.3 is 0 Å². The Balaban J connectivity index is 1.68. The molecule has 0 bridgehead atoms. The predicted molar refractivity (Wildman–Crippen MR) is 90.1 cm³/mol. The van der Waals surface area contributed by atoms with Crippen LogP contribution in [-0.2, 0) is 18.3 Å². The van der Waals surface area contributed by atoms with E-state index in [1.807, 2.05) is 17.8 Å². The first-order valence-electron chi connectivity index (χ1n) is 8.21. The summed E-state index contributed by atoms with van der Waals surface area (Å²) in [6, 6.07) is 2.10. The Morgan fingerprint density at radius 3 is 2.82 bits per heavy atom. The SMILES string of the molecule is CCNC(=NCc1ccn(C)c1)NCCCN1CCOCC1. The van der Waals surface area contributed by atoms with E-state index in [4.69, 9.17) is 4.74 Å². The van der Waals surface area contributed by atoms with E-state index in [1.54, 1.807) is 0 Å². The van der Waals surface area contributed by atoms with Crippen molar-refractivity contribution in [2.75, 3.05) is 45.9 Å². The van der Waals surface area contributed by atoms with Crippen LogP contribution in [0.5, 0.6) is 0 Å². The maximum atomic E-state index is 5.36. The standard InChI is InChI=1S/C16H29N5O/c1-3-17-16(19-13-15-5-8-20(2)14-15)18-6-4-7-21-9-11-22-12-10-21/h5,8,14H,3-4,6-7,9-13H2,1-2H3,(H2,17,18,19). The summed E-state index contributed by atoms with van der Waals surface area (Å²) in [6.07, 6.45) is 5.27. The molecule has 0 unspecified atom stereocenters. The lowest BCUT2D eigenvalue weighted by molar-refractivity contribution is 0.0376. The van der Waals surface area contributed by atoms with Crippen molar-refractivity contribution in [1.82, 2.24) is 20.1 Å². The first-order valence-corrected chi connectivity index (χ1v) is 8.21. The lowest BCUT2D eigenvalue weighted by Gasteiger charge is -2.26. The zero-order valence-corrected chi connectivity index (χ0v) is 13.8. The summed E-state index contributed by atoms with van der Waals surface area (Å²) in [6.45, 7) is 9.59. The van der Waals surface area contributed by atoms with Crippen LogP contribution >= 0.6 is 0 Å². The summed E-state index contributed by atoms with van der Waals surface area (Å²) >= 11 is 0. The van der Waals surface area contributed by atoms with Crippen molar-refractivity contribution in [3.05, 3.63) is 24.0 Å². The molecular formula is C16H29N5O. The topological polar surface area (TPSA) is 53.8 Å². The third-order valence-corrected chi connectivity index (χ3v) is 3.70. The third kappa shape index (κ3) is 6.07. The number of rotatable bonds is 7. The van der Waals surface area contributed by atoms with Crippen LogP contribution in [0.4, 0.5) is 0 Å². The highest BCUT2D eigenvalue weighted by Gasteiger charge is 2.09. The van der Waals surface area contributed by atoms with Crippen LogP contribution in [-0.4, -0.2) is 61.4 Å². The summed E-state index contributed by atoms with van der Waals surface area (Å²) in [5.41, 5.74) is 1.23. The second-order valence-corrected chi connectivity index (χ2v) is 5.61. The highest BCUT2D eigenvalue weighted by Crippen LogP contribution is 2.01. The zero-order chi connectivity index (χ0) is 15.6. The Kier molecular flexibility index (Phi) is 7.25. The van der Waals surface area contributed by atoms with Gasteiger partial charge < -0.3 is 19.9 Å². The number of hydrogen-bond acceptors (Lipinski definition) is 3. The zero-order valence-electron chi connectivity index (χ0n) is 13.8. The maximum Gasteiger partial charge on any atom is 0.191 e. The molecule has 2 heterocycles. The summed E-state index contributed by atoms with van der Waals surface area (Å²) in [5, 5.41) is 6.71. The van der Waals surface area contributed by atoms with Gasteiger partial charge in [-0.3, -0.25) is 4.90 Å². The second kappa shape index (κ2) is 9.48. The van der Waals surface area contributed by atoms with E-state index < -0.39 is 0 Å². The molecule has 0 aromatic carbocycles. The molecule has 6 heteroatoms. The summed E-state index contributed by atoms with van der Waals surface area (Å²) < 4.78 is 7.41. The van der Waals surface area contributed by atoms with Crippen molar-refractivity contribution in [1.29, 1.82) is 0 Å². The van der Waals surface area contributed by atoms with Crippen molar-refractivity contribution in [2.24, 2.45) is 12.0 Å². The van der Waals surface area contributed by atoms with Crippen LogP contribution in [0.1, 0.15) is 18.9 Å². The van der Waals surface area contributed by atoms with Gasteiger partial charge in [0.2, 0.25) is 0 Å². The monoisotopic (exact) mass is 307 g/mol. The summed E-state index contributed by atoms with van der Waals surface area (Å²) in [4.78, 5) is 7.09. The van der Waals surface area contributed by atoms with Crippen LogP contribution in [0.15, 0.2) is 23.5 Å². The highest BCUT2D eigenvalue weighted by molar-refractivity contribution is 5.79. The van der Waals surface area contributed by atoms with E-state index in [9.17, 15) is 0 Å². The Labute approximate surface area is 133 Å². The molecule has 0 amide bonds. The molecule has 0 aliphatic carbocycles. The van der Waals surface area contributed by atoms with Gasteiger partial charge in [-0.15, -0.1) is 0 Å². The number of nitrogens with zero attached hydrogens (tertiary/aromatic N) is 3. The summed E-state index contributed by atoms with van der Waals surface area (Å²) in [5.74, 6) is 0.897. The van der Waals surface area contributed by atoms with Gasteiger partial charge in [0.1, 0.15) is 0 Å². The molecule has 1 aliphatic heterocycles. The lowest BCUT2D eigenvalue weighted by atomic mass is 10.3. The minimum absolute atomic E-state index is 0.708. The highest BCUT2D eigenvalue weighted by atomic mass is 16.5. The van der Waals surface area contributed by atoms with Gasteiger partial charge in [-0.05, 0) is 31.5 Å². The van der Waals surface area contributed by atoms with Gasteiger partial charge in [0.25, 0.3) is 0 Å². The van der Waals surface area contributed by atoms with E-state index in [-0.39, 0.29) is 0 Å². The number of aliphatic imine (C=N–C) groups is 1. The fraction of sp³-hybridized carbons (Fsp3) is 0.688. The van der Waals surface area contributed by atoms with Gasteiger partial charge in [-0.2, -0.15) is 0 Å². The number of hydrogen-bond donors (Lipinski definition) is 2. The number of aryl methyl sites for hydroxylation is 1. The van der Waals surface area contributed by atoms with Crippen LogP contribution in [0.25, 0.3) is 0 Å². The molecule has 0 atom stereocenters. The molecule has 124 valence electrons. The molecule has 6 nitrogen and oxygen atoms in total. The van der Waals surface area contributed by atoms with E-state index in [2.05, 4.69) is 39.7 Å². The second-order valence-electron chi connectivity index (χ2n) is 5.61. The average molecular weight is 307 g/mol. The lowest BCUT2D eigenvalue weighted by Crippen LogP contribution is -2.40. The van der Waals surface area contributed by atoms with Gasteiger partial charge in [-0.1, -0.05) is 0 Å². The normalized spacial score (nSPS) is 16.7. The fourth-order valence-corrected chi connectivity index (χ4v) is 2.50. The molecule has 1 aromatic heterocycles. The molecule has 2 N–H and O–H groups in total. The third-order valence-electron chi connectivity index (χ3n) is 3.70. The molecule has 1 saturated heterocycles. The quantitative estimate of drug-likeness (QED) is 0.444. The van der Waals surface area contributed by atoms with Crippen LogP contribution in [0.2, 0.25) is 0 Å². The Hall–Kier alpha value is -1.53. The van der Waals surface area contributed by atoms with Gasteiger partial charge in [0.05, 0.1) is 19.8 Å². The maximum absolute atomic E-state index is 5.36. The molecule has 0 saturated carbocycles. The minimum atomic E-state index is 0.708.